The number of aromatic amines is 1. The summed E-state index contributed by atoms with van der Waals surface area (Å²) in [6, 6.07) is 6.27. The second kappa shape index (κ2) is 4.80. The molecule has 0 amide bonds. The van der Waals surface area contributed by atoms with Crippen molar-refractivity contribution in [3.05, 3.63) is 30.0 Å². The average molecular weight is 190 g/mol. The van der Waals surface area contributed by atoms with Crippen LogP contribution in [0.4, 0.5) is 0 Å². The van der Waals surface area contributed by atoms with Crippen LogP contribution in [0, 0.1) is 0 Å². The lowest BCUT2D eigenvalue weighted by Crippen LogP contribution is -1.86. The van der Waals surface area contributed by atoms with Crippen molar-refractivity contribution in [1.29, 1.82) is 0 Å². The van der Waals surface area contributed by atoms with Gasteiger partial charge < -0.3 is 0 Å². The minimum Gasteiger partial charge on any atom is -0.278 e. The van der Waals surface area contributed by atoms with Crippen molar-refractivity contribution in [3.8, 4) is 0 Å². The summed E-state index contributed by atoms with van der Waals surface area (Å²) in [6.45, 7) is 8.39. The van der Waals surface area contributed by atoms with Gasteiger partial charge >= 0.3 is 0 Å². The molecule has 0 saturated heterocycles. The lowest BCUT2D eigenvalue weighted by molar-refractivity contribution is 0.876. The summed E-state index contributed by atoms with van der Waals surface area (Å²) < 4.78 is 0. The number of hydrogen-bond donors (Lipinski definition) is 1. The van der Waals surface area contributed by atoms with Crippen LogP contribution in [0.3, 0.4) is 0 Å². The van der Waals surface area contributed by atoms with Gasteiger partial charge in [0.15, 0.2) is 0 Å². The summed E-state index contributed by atoms with van der Waals surface area (Å²) in [7, 11) is 0. The van der Waals surface area contributed by atoms with Crippen LogP contribution in [-0.2, 0) is 0 Å². The number of rotatable bonds is 1. The molecule has 76 valence electrons. The molecule has 0 aliphatic rings. The van der Waals surface area contributed by atoms with Crippen LogP contribution in [0.15, 0.2) is 24.4 Å². The van der Waals surface area contributed by atoms with Crippen molar-refractivity contribution in [2.75, 3.05) is 0 Å². The minimum atomic E-state index is 0.561. The molecule has 0 radical (unpaired) electrons. The van der Waals surface area contributed by atoms with Gasteiger partial charge in [0.05, 0.1) is 11.7 Å². The zero-order valence-electron chi connectivity index (χ0n) is 9.33. The van der Waals surface area contributed by atoms with E-state index in [0.717, 1.165) is 5.52 Å². The molecule has 0 aliphatic carbocycles. The van der Waals surface area contributed by atoms with Gasteiger partial charge in [-0.15, -0.1) is 0 Å². The zero-order chi connectivity index (χ0) is 10.6. The molecule has 0 aliphatic heterocycles. The number of nitrogens with one attached hydrogen (secondary N) is 1. The van der Waals surface area contributed by atoms with Crippen LogP contribution in [0.1, 0.15) is 39.2 Å². The lowest BCUT2D eigenvalue weighted by atomic mass is 10.00. The number of fused-ring (bicyclic) bond motifs is 1. The average Bonchev–Trinajstić information content (AvgIpc) is 2.67. The fraction of sp³-hybridized carbons (Fsp3) is 0.417. The Morgan fingerprint density at radius 3 is 2.57 bits per heavy atom. The summed E-state index contributed by atoms with van der Waals surface area (Å²) >= 11 is 0. The van der Waals surface area contributed by atoms with Crippen LogP contribution in [0.5, 0.6) is 0 Å². The third kappa shape index (κ3) is 1.95. The highest BCUT2D eigenvalue weighted by Crippen LogP contribution is 2.23. The maximum atomic E-state index is 4.02. The molecule has 14 heavy (non-hydrogen) atoms. The molecule has 2 nitrogen and oxygen atoms in total. The van der Waals surface area contributed by atoms with Crippen LogP contribution in [0.25, 0.3) is 10.9 Å². The van der Waals surface area contributed by atoms with Crippen molar-refractivity contribution in [2.24, 2.45) is 0 Å². The molecule has 1 aromatic heterocycles. The summed E-state index contributed by atoms with van der Waals surface area (Å²) in [4.78, 5) is 0. The molecule has 0 saturated carbocycles. The quantitative estimate of drug-likeness (QED) is 0.729. The molecule has 2 heteroatoms. The fourth-order valence-corrected chi connectivity index (χ4v) is 1.49. The highest BCUT2D eigenvalue weighted by atomic mass is 15.1. The number of H-pyrrole nitrogens is 1. The van der Waals surface area contributed by atoms with Gasteiger partial charge in [0.25, 0.3) is 0 Å². The van der Waals surface area contributed by atoms with Gasteiger partial charge in [-0.3, -0.25) is 5.10 Å². The van der Waals surface area contributed by atoms with Crippen molar-refractivity contribution in [3.63, 3.8) is 0 Å². The molecule has 0 spiro atoms. The number of aromatic nitrogens is 2. The van der Waals surface area contributed by atoms with E-state index in [1.165, 1.54) is 10.9 Å². The maximum absolute atomic E-state index is 4.02. The molecule has 0 atom stereocenters. The molecular weight excluding hydrogens is 172 g/mol. The minimum absolute atomic E-state index is 0.561. The van der Waals surface area contributed by atoms with Crippen LogP contribution >= 0.6 is 0 Å². The van der Waals surface area contributed by atoms with Crippen molar-refractivity contribution < 1.29 is 0 Å². The first-order valence-electron chi connectivity index (χ1n) is 5.21. The smallest absolute Gasteiger partial charge is 0.0653 e. The van der Waals surface area contributed by atoms with Gasteiger partial charge in [0, 0.05) is 5.39 Å². The normalized spacial score (nSPS) is 10.1. The van der Waals surface area contributed by atoms with E-state index in [1.807, 2.05) is 26.1 Å². The van der Waals surface area contributed by atoms with Crippen LogP contribution < -0.4 is 0 Å². The van der Waals surface area contributed by atoms with Gasteiger partial charge in [-0.2, -0.15) is 5.10 Å². The monoisotopic (exact) mass is 190 g/mol. The molecule has 0 bridgehead atoms. The number of nitrogens with zero attached hydrogens (tertiary/aromatic N) is 1. The van der Waals surface area contributed by atoms with Crippen molar-refractivity contribution >= 4 is 10.9 Å². The first-order chi connectivity index (χ1) is 6.79. The van der Waals surface area contributed by atoms with Gasteiger partial charge in [0.1, 0.15) is 0 Å². The molecule has 1 N–H and O–H groups in total. The lowest BCUT2D eigenvalue weighted by Gasteiger charge is -2.05. The van der Waals surface area contributed by atoms with Gasteiger partial charge in [-0.25, -0.2) is 0 Å². The highest BCUT2D eigenvalue weighted by molar-refractivity contribution is 5.81. The van der Waals surface area contributed by atoms with Gasteiger partial charge in [-0.1, -0.05) is 39.8 Å². The van der Waals surface area contributed by atoms with E-state index in [9.17, 15) is 0 Å². The Morgan fingerprint density at radius 2 is 1.93 bits per heavy atom. The van der Waals surface area contributed by atoms with Crippen LogP contribution in [-0.4, -0.2) is 10.2 Å². The Kier molecular flexibility index (Phi) is 3.69. The fourth-order valence-electron chi connectivity index (χ4n) is 1.49. The summed E-state index contributed by atoms with van der Waals surface area (Å²) in [6.07, 6.45) is 1.89. The maximum Gasteiger partial charge on any atom is 0.0653 e. The number of benzene rings is 1. The molecular formula is C12H18N2. The SMILES string of the molecule is CC.CC(C)c1cccc2[nH]ncc12. The van der Waals surface area contributed by atoms with Gasteiger partial charge in [-0.05, 0) is 17.5 Å². The Bertz CT molecular complexity index is 388. The van der Waals surface area contributed by atoms with E-state index in [-0.39, 0.29) is 0 Å². The Labute approximate surface area is 85.3 Å². The zero-order valence-corrected chi connectivity index (χ0v) is 9.33. The number of hydrogen-bond acceptors (Lipinski definition) is 1. The third-order valence-corrected chi connectivity index (χ3v) is 2.14. The Balaban J connectivity index is 0.000000461. The standard InChI is InChI=1S/C10H12N2.C2H6/c1-7(2)8-4-3-5-10-9(8)6-11-12-10;1-2/h3-7H,1-2H3,(H,11,12);1-2H3. The molecule has 0 unspecified atom stereocenters. The summed E-state index contributed by atoms with van der Waals surface area (Å²) in [5, 5.41) is 8.23. The molecule has 1 heterocycles. The van der Waals surface area contributed by atoms with Crippen LogP contribution in [0.2, 0.25) is 0 Å². The largest absolute Gasteiger partial charge is 0.278 e. The molecule has 2 rings (SSSR count). The van der Waals surface area contributed by atoms with E-state index in [0.29, 0.717) is 5.92 Å². The predicted octanol–water partition coefficient (Wildman–Crippen LogP) is 3.71. The van der Waals surface area contributed by atoms with E-state index in [1.54, 1.807) is 0 Å². The predicted molar refractivity (Wildman–Crippen MR) is 61.5 cm³/mol. The molecule has 2 aromatic rings. The Morgan fingerprint density at radius 1 is 1.21 bits per heavy atom. The molecule has 1 aromatic carbocycles. The van der Waals surface area contributed by atoms with Gasteiger partial charge in [0.2, 0.25) is 0 Å². The van der Waals surface area contributed by atoms with E-state index in [2.05, 4.69) is 36.2 Å². The van der Waals surface area contributed by atoms with E-state index >= 15 is 0 Å². The second-order valence-electron chi connectivity index (χ2n) is 3.33. The van der Waals surface area contributed by atoms with E-state index in [4.69, 9.17) is 0 Å². The summed E-state index contributed by atoms with van der Waals surface area (Å²) in [5.74, 6) is 0.561. The second-order valence-corrected chi connectivity index (χ2v) is 3.33. The first-order valence-corrected chi connectivity index (χ1v) is 5.21. The Hall–Kier alpha value is -1.31. The van der Waals surface area contributed by atoms with E-state index < -0.39 is 0 Å². The first kappa shape index (κ1) is 10.8. The van der Waals surface area contributed by atoms with Crippen molar-refractivity contribution in [2.45, 2.75) is 33.6 Å². The van der Waals surface area contributed by atoms with Crippen molar-refractivity contribution in [1.82, 2.24) is 10.2 Å². The molecule has 0 fully saturated rings. The third-order valence-electron chi connectivity index (χ3n) is 2.14. The summed E-state index contributed by atoms with van der Waals surface area (Å²) in [5.41, 5.74) is 2.49. The highest BCUT2D eigenvalue weighted by Gasteiger charge is 2.04. The topological polar surface area (TPSA) is 28.7 Å².